The van der Waals surface area contributed by atoms with Crippen LogP contribution in [-0.4, -0.2) is 20.3 Å². The lowest BCUT2D eigenvalue weighted by Gasteiger charge is -2.10. The standard InChI is InChI=1S/C25H17Cl2N3O/c1-15-24(25(31)20-10-9-17(26)11-22(20)27)21(13-30(15)23-12-28-14-29-23)19-8-4-6-16-5-2-3-7-18(16)19/h2-14H,1H3,(H,28,29). The maximum Gasteiger partial charge on any atom is 0.196 e. The summed E-state index contributed by atoms with van der Waals surface area (Å²) in [5, 5.41) is 3.00. The van der Waals surface area contributed by atoms with Crippen LogP contribution < -0.4 is 0 Å². The number of carbonyl (C=O) groups is 1. The largest absolute Gasteiger partial charge is 0.331 e. The van der Waals surface area contributed by atoms with Crippen LogP contribution >= 0.6 is 23.2 Å². The van der Waals surface area contributed by atoms with Crippen molar-refractivity contribution in [2.45, 2.75) is 6.92 Å². The molecule has 4 nitrogen and oxygen atoms in total. The van der Waals surface area contributed by atoms with E-state index in [-0.39, 0.29) is 5.78 Å². The fourth-order valence-corrected chi connectivity index (χ4v) is 4.49. The predicted molar refractivity (Wildman–Crippen MR) is 125 cm³/mol. The molecule has 5 aromatic rings. The zero-order valence-corrected chi connectivity index (χ0v) is 18.1. The number of nitrogens with one attached hydrogen (secondary N) is 1. The fraction of sp³-hybridized carbons (Fsp3) is 0.0400. The van der Waals surface area contributed by atoms with Crippen molar-refractivity contribution >= 4 is 39.8 Å². The molecule has 0 saturated heterocycles. The third-order valence-electron chi connectivity index (χ3n) is 5.48. The molecule has 0 spiro atoms. The van der Waals surface area contributed by atoms with Gasteiger partial charge in [-0.15, -0.1) is 0 Å². The van der Waals surface area contributed by atoms with Crippen LogP contribution in [0.2, 0.25) is 10.0 Å². The lowest BCUT2D eigenvalue weighted by molar-refractivity contribution is 0.103. The van der Waals surface area contributed by atoms with Crippen LogP contribution in [-0.2, 0) is 0 Å². The third kappa shape index (κ3) is 3.34. The number of fused-ring (bicyclic) bond motifs is 1. The molecule has 0 unspecified atom stereocenters. The number of benzene rings is 3. The molecule has 2 heterocycles. The van der Waals surface area contributed by atoms with Crippen molar-refractivity contribution in [3.8, 4) is 16.9 Å². The van der Waals surface area contributed by atoms with Crippen LogP contribution in [0.15, 0.2) is 79.4 Å². The molecule has 0 bridgehead atoms. The van der Waals surface area contributed by atoms with E-state index in [0.29, 0.717) is 21.2 Å². The van der Waals surface area contributed by atoms with Crippen LogP contribution in [0.4, 0.5) is 0 Å². The fourth-order valence-electron chi connectivity index (χ4n) is 4.00. The average Bonchev–Trinajstić information content (AvgIpc) is 3.41. The summed E-state index contributed by atoms with van der Waals surface area (Å²) in [4.78, 5) is 21.0. The van der Waals surface area contributed by atoms with Crippen molar-refractivity contribution < 1.29 is 4.79 Å². The minimum atomic E-state index is -0.152. The van der Waals surface area contributed by atoms with E-state index in [9.17, 15) is 4.79 Å². The van der Waals surface area contributed by atoms with Crippen molar-refractivity contribution in [3.05, 3.63) is 106 Å². The van der Waals surface area contributed by atoms with E-state index < -0.39 is 0 Å². The minimum Gasteiger partial charge on any atom is -0.331 e. The maximum atomic E-state index is 13.7. The molecule has 0 amide bonds. The van der Waals surface area contributed by atoms with Gasteiger partial charge in [0.15, 0.2) is 5.78 Å². The molecule has 0 radical (unpaired) electrons. The normalized spacial score (nSPS) is 11.2. The number of nitrogens with zero attached hydrogens (tertiary/aromatic N) is 2. The van der Waals surface area contributed by atoms with Gasteiger partial charge in [-0.2, -0.15) is 0 Å². The Balaban J connectivity index is 1.80. The summed E-state index contributed by atoms with van der Waals surface area (Å²) in [6.45, 7) is 1.92. The summed E-state index contributed by atoms with van der Waals surface area (Å²) in [7, 11) is 0. The highest BCUT2D eigenvalue weighted by atomic mass is 35.5. The van der Waals surface area contributed by atoms with Gasteiger partial charge in [-0.05, 0) is 41.5 Å². The van der Waals surface area contributed by atoms with Crippen molar-refractivity contribution in [2.75, 3.05) is 0 Å². The van der Waals surface area contributed by atoms with E-state index in [1.165, 1.54) is 0 Å². The Kier molecular flexibility index (Phi) is 4.89. The van der Waals surface area contributed by atoms with Gasteiger partial charge in [0, 0.05) is 28.0 Å². The number of hydrogen-bond acceptors (Lipinski definition) is 2. The summed E-state index contributed by atoms with van der Waals surface area (Å²) in [6.07, 6.45) is 5.31. The molecular formula is C25H17Cl2N3O. The van der Waals surface area contributed by atoms with E-state index in [0.717, 1.165) is 33.4 Å². The van der Waals surface area contributed by atoms with Crippen molar-refractivity contribution in [1.82, 2.24) is 14.5 Å². The minimum absolute atomic E-state index is 0.152. The lowest BCUT2D eigenvalue weighted by Crippen LogP contribution is -2.06. The zero-order valence-electron chi connectivity index (χ0n) is 16.6. The van der Waals surface area contributed by atoms with Gasteiger partial charge < -0.3 is 9.55 Å². The molecule has 0 atom stereocenters. The zero-order chi connectivity index (χ0) is 21.5. The van der Waals surface area contributed by atoms with E-state index >= 15 is 0 Å². The molecule has 0 aliphatic heterocycles. The molecule has 152 valence electrons. The predicted octanol–water partition coefficient (Wildman–Crippen LogP) is 6.87. The second-order valence-electron chi connectivity index (χ2n) is 7.29. The highest BCUT2D eigenvalue weighted by molar-refractivity contribution is 6.37. The van der Waals surface area contributed by atoms with E-state index in [4.69, 9.17) is 23.2 Å². The lowest BCUT2D eigenvalue weighted by atomic mass is 9.93. The molecule has 5 rings (SSSR count). The monoisotopic (exact) mass is 445 g/mol. The molecular weight excluding hydrogens is 429 g/mol. The Labute approximate surface area is 189 Å². The van der Waals surface area contributed by atoms with Gasteiger partial charge in [0.25, 0.3) is 0 Å². The first-order valence-electron chi connectivity index (χ1n) is 9.73. The molecule has 0 aliphatic carbocycles. The number of aromatic nitrogens is 3. The average molecular weight is 446 g/mol. The SMILES string of the molecule is Cc1c(C(=O)c2ccc(Cl)cc2Cl)c(-c2cccc3ccccc23)cn1-c1cnc[nH]1. The van der Waals surface area contributed by atoms with Crippen LogP contribution in [0.5, 0.6) is 0 Å². The molecule has 0 aliphatic rings. The molecule has 1 N–H and O–H groups in total. The highest BCUT2D eigenvalue weighted by Crippen LogP contribution is 2.37. The number of rotatable bonds is 4. The summed E-state index contributed by atoms with van der Waals surface area (Å²) < 4.78 is 1.95. The first kappa shape index (κ1) is 19.6. The Morgan fingerprint density at radius 3 is 2.58 bits per heavy atom. The van der Waals surface area contributed by atoms with Crippen LogP contribution in [0.3, 0.4) is 0 Å². The van der Waals surface area contributed by atoms with Crippen molar-refractivity contribution in [1.29, 1.82) is 0 Å². The third-order valence-corrected chi connectivity index (χ3v) is 6.02. The molecule has 0 saturated carbocycles. The quantitative estimate of drug-likeness (QED) is 0.307. The molecule has 6 heteroatoms. The number of ketones is 1. The number of imidazole rings is 1. The van der Waals surface area contributed by atoms with Gasteiger partial charge in [0.05, 0.1) is 23.1 Å². The Morgan fingerprint density at radius 1 is 1.00 bits per heavy atom. The first-order chi connectivity index (χ1) is 15.0. The maximum absolute atomic E-state index is 13.7. The van der Waals surface area contributed by atoms with E-state index in [1.807, 2.05) is 42.0 Å². The van der Waals surface area contributed by atoms with Gasteiger partial charge in [-0.3, -0.25) is 4.79 Å². The van der Waals surface area contributed by atoms with Crippen LogP contribution in [0.1, 0.15) is 21.6 Å². The van der Waals surface area contributed by atoms with Gasteiger partial charge in [0.1, 0.15) is 5.82 Å². The van der Waals surface area contributed by atoms with Crippen LogP contribution in [0.25, 0.3) is 27.7 Å². The second kappa shape index (κ2) is 7.73. The van der Waals surface area contributed by atoms with E-state index in [2.05, 4.69) is 28.2 Å². The Bertz CT molecular complexity index is 1430. The summed E-state index contributed by atoms with van der Waals surface area (Å²) in [5.74, 6) is 0.626. The van der Waals surface area contributed by atoms with Gasteiger partial charge in [-0.1, -0.05) is 65.7 Å². The summed E-state index contributed by atoms with van der Waals surface area (Å²) >= 11 is 12.5. The smallest absolute Gasteiger partial charge is 0.196 e. The Morgan fingerprint density at radius 2 is 1.81 bits per heavy atom. The molecule has 31 heavy (non-hydrogen) atoms. The molecule has 0 fully saturated rings. The summed E-state index contributed by atoms with van der Waals surface area (Å²) in [6, 6.07) is 19.2. The molecule has 2 aromatic heterocycles. The van der Waals surface area contributed by atoms with Crippen molar-refractivity contribution in [3.63, 3.8) is 0 Å². The van der Waals surface area contributed by atoms with Gasteiger partial charge >= 0.3 is 0 Å². The van der Waals surface area contributed by atoms with E-state index in [1.54, 1.807) is 30.7 Å². The van der Waals surface area contributed by atoms with Gasteiger partial charge in [0.2, 0.25) is 0 Å². The number of aromatic amines is 1. The van der Waals surface area contributed by atoms with Crippen LogP contribution in [0, 0.1) is 6.92 Å². The number of hydrogen-bond donors (Lipinski definition) is 1. The Hall–Kier alpha value is -3.34. The topological polar surface area (TPSA) is 50.7 Å². The second-order valence-corrected chi connectivity index (χ2v) is 8.13. The number of carbonyl (C=O) groups excluding carboxylic acids is 1. The summed E-state index contributed by atoms with van der Waals surface area (Å²) in [5.41, 5.74) is 3.62. The van der Waals surface area contributed by atoms with Gasteiger partial charge in [-0.25, -0.2) is 4.98 Å². The first-order valence-corrected chi connectivity index (χ1v) is 10.5. The number of halogens is 2. The van der Waals surface area contributed by atoms with Crippen molar-refractivity contribution in [2.24, 2.45) is 0 Å². The molecule has 3 aromatic carbocycles. The number of H-pyrrole nitrogens is 1. The highest BCUT2D eigenvalue weighted by Gasteiger charge is 2.25.